The number of ether oxygens (including phenoxy) is 3. The summed E-state index contributed by atoms with van der Waals surface area (Å²) in [6.45, 7) is 3.49. The van der Waals surface area contributed by atoms with Crippen LogP contribution in [0.15, 0.2) is 31.0 Å². The molecule has 0 amide bonds. The summed E-state index contributed by atoms with van der Waals surface area (Å²) in [6, 6.07) is 4.95. The number of hydrogen-bond acceptors (Lipinski definition) is 4. The van der Waals surface area contributed by atoms with Crippen LogP contribution in [0.1, 0.15) is 23.2 Å². The molecule has 1 saturated carbocycles. The van der Waals surface area contributed by atoms with Gasteiger partial charge in [-0.3, -0.25) is 0 Å². The molecule has 0 bridgehead atoms. The van der Waals surface area contributed by atoms with E-state index in [-0.39, 0.29) is 6.10 Å². The van der Waals surface area contributed by atoms with Crippen molar-refractivity contribution in [1.82, 2.24) is 0 Å². The van der Waals surface area contributed by atoms with Crippen LogP contribution in [0.3, 0.4) is 0 Å². The highest BCUT2D eigenvalue weighted by Gasteiger charge is 2.25. The molecule has 1 fully saturated rings. The van der Waals surface area contributed by atoms with Gasteiger partial charge >= 0.3 is 5.97 Å². The van der Waals surface area contributed by atoms with Crippen LogP contribution in [0.5, 0.6) is 11.5 Å². The molecule has 1 aliphatic rings. The normalized spacial score (nSPS) is 13.9. The average molecular weight is 234 g/mol. The van der Waals surface area contributed by atoms with Gasteiger partial charge in [0.2, 0.25) is 0 Å². The third kappa shape index (κ3) is 2.78. The van der Waals surface area contributed by atoms with Gasteiger partial charge in [0.1, 0.15) is 0 Å². The zero-order chi connectivity index (χ0) is 12.3. The van der Waals surface area contributed by atoms with E-state index in [4.69, 9.17) is 9.47 Å². The van der Waals surface area contributed by atoms with Gasteiger partial charge in [-0.05, 0) is 31.0 Å². The summed E-state index contributed by atoms with van der Waals surface area (Å²) in [7, 11) is 1.34. The number of methoxy groups -OCH3 is 1. The summed E-state index contributed by atoms with van der Waals surface area (Å²) >= 11 is 0. The molecule has 4 heteroatoms. The topological polar surface area (TPSA) is 44.8 Å². The van der Waals surface area contributed by atoms with Crippen molar-refractivity contribution in [2.24, 2.45) is 0 Å². The van der Waals surface area contributed by atoms with Crippen molar-refractivity contribution in [2.45, 2.75) is 18.9 Å². The quantitative estimate of drug-likeness (QED) is 0.580. The van der Waals surface area contributed by atoms with Crippen LogP contribution in [0.25, 0.3) is 0 Å². The van der Waals surface area contributed by atoms with Crippen LogP contribution >= 0.6 is 0 Å². The molecule has 0 spiro atoms. The molecule has 0 saturated heterocycles. The van der Waals surface area contributed by atoms with Gasteiger partial charge in [0.15, 0.2) is 11.5 Å². The molecule has 0 aromatic heterocycles. The fourth-order valence-corrected chi connectivity index (χ4v) is 1.40. The summed E-state index contributed by atoms with van der Waals surface area (Å²) in [4.78, 5) is 11.4. The monoisotopic (exact) mass is 234 g/mol. The molecule has 0 N–H and O–H groups in total. The van der Waals surface area contributed by atoms with E-state index >= 15 is 0 Å². The van der Waals surface area contributed by atoms with Crippen LogP contribution < -0.4 is 9.47 Å². The number of benzene rings is 1. The van der Waals surface area contributed by atoms with E-state index in [9.17, 15) is 4.79 Å². The largest absolute Gasteiger partial charge is 0.487 e. The van der Waals surface area contributed by atoms with Gasteiger partial charge < -0.3 is 14.2 Å². The minimum Gasteiger partial charge on any atom is -0.487 e. The predicted molar refractivity (Wildman–Crippen MR) is 62.3 cm³/mol. The fourth-order valence-electron chi connectivity index (χ4n) is 1.40. The van der Waals surface area contributed by atoms with Gasteiger partial charge in [-0.1, -0.05) is 6.58 Å². The van der Waals surface area contributed by atoms with Crippen molar-refractivity contribution in [2.75, 3.05) is 7.11 Å². The molecule has 1 aromatic rings. The van der Waals surface area contributed by atoms with E-state index in [1.165, 1.54) is 13.4 Å². The van der Waals surface area contributed by atoms with Crippen LogP contribution in [0, 0.1) is 0 Å². The number of carbonyl (C=O) groups is 1. The lowest BCUT2D eigenvalue weighted by atomic mass is 10.2. The standard InChI is InChI=1S/C13H14O4/c1-3-16-12-8-9(13(14)15-2)4-7-11(12)17-10-5-6-10/h3-4,7-8,10H,1,5-6H2,2H3. The summed E-state index contributed by atoms with van der Waals surface area (Å²) in [5.74, 6) is 0.701. The minimum atomic E-state index is -0.406. The van der Waals surface area contributed by atoms with Crippen molar-refractivity contribution in [3.05, 3.63) is 36.6 Å². The van der Waals surface area contributed by atoms with Crippen molar-refractivity contribution < 1.29 is 19.0 Å². The Kier molecular flexibility index (Phi) is 3.32. The third-order valence-electron chi connectivity index (χ3n) is 2.39. The first-order valence-electron chi connectivity index (χ1n) is 5.41. The van der Waals surface area contributed by atoms with E-state index in [1.54, 1.807) is 18.2 Å². The van der Waals surface area contributed by atoms with Crippen LogP contribution in [0.4, 0.5) is 0 Å². The van der Waals surface area contributed by atoms with Gasteiger partial charge in [0, 0.05) is 0 Å². The number of carbonyl (C=O) groups excluding carboxylic acids is 1. The van der Waals surface area contributed by atoms with Gasteiger partial charge in [0.25, 0.3) is 0 Å². The molecule has 17 heavy (non-hydrogen) atoms. The lowest BCUT2D eigenvalue weighted by molar-refractivity contribution is 0.0600. The second-order valence-corrected chi connectivity index (χ2v) is 3.75. The first-order chi connectivity index (χ1) is 8.24. The highest BCUT2D eigenvalue weighted by Crippen LogP contribution is 2.34. The Labute approximate surface area is 99.8 Å². The minimum absolute atomic E-state index is 0.270. The summed E-state index contributed by atoms with van der Waals surface area (Å²) in [5.41, 5.74) is 0.424. The molecule has 0 heterocycles. The first kappa shape index (κ1) is 11.5. The molecule has 4 nitrogen and oxygen atoms in total. The number of hydrogen-bond donors (Lipinski definition) is 0. The van der Waals surface area contributed by atoms with Crippen molar-refractivity contribution in [3.8, 4) is 11.5 Å². The smallest absolute Gasteiger partial charge is 0.337 e. The van der Waals surface area contributed by atoms with Crippen LogP contribution in [0.2, 0.25) is 0 Å². The van der Waals surface area contributed by atoms with Crippen LogP contribution in [-0.2, 0) is 4.74 Å². The fraction of sp³-hybridized carbons (Fsp3) is 0.308. The SMILES string of the molecule is C=COc1cc(C(=O)OC)ccc1OC1CC1. The molecular formula is C13H14O4. The lowest BCUT2D eigenvalue weighted by Crippen LogP contribution is -2.03. The van der Waals surface area contributed by atoms with Gasteiger partial charge in [-0.25, -0.2) is 4.79 Å². The third-order valence-corrected chi connectivity index (χ3v) is 2.39. The van der Waals surface area contributed by atoms with E-state index < -0.39 is 5.97 Å². The molecule has 1 aromatic carbocycles. The zero-order valence-corrected chi connectivity index (χ0v) is 9.64. The molecular weight excluding hydrogens is 220 g/mol. The molecule has 0 atom stereocenters. The van der Waals surface area contributed by atoms with Crippen molar-refractivity contribution in [3.63, 3.8) is 0 Å². The Morgan fingerprint density at radius 3 is 2.76 bits per heavy atom. The highest BCUT2D eigenvalue weighted by atomic mass is 16.5. The maximum absolute atomic E-state index is 11.4. The summed E-state index contributed by atoms with van der Waals surface area (Å²) in [5, 5.41) is 0. The molecule has 0 radical (unpaired) electrons. The first-order valence-corrected chi connectivity index (χ1v) is 5.41. The van der Waals surface area contributed by atoms with Gasteiger partial charge in [-0.15, -0.1) is 0 Å². The summed E-state index contributed by atoms with van der Waals surface area (Å²) < 4.78 is 15.5. The molecule has 1 aliphatic carbocycles. The second kappa shape index (κ2) is 4.91. The average Bonchev–Trinajstić information content (AvgIpc) is 3.14. The summed E-state index contributed by atoms with van der Waals surface area (Å²) in [6.07, 6.45) is 3.69. The second-order valence-electron chi connectivity index (χ2n) is 3.75. The Morgan fingerprint density at radius 2 is 2.18 bits per heavy atom. The van der Waals surface area contributed by atoms with E-state index in [1.807, 2.05) is 0 Å². The maximum Gasteiger partial charge on any atom is 0.337 e. The zero-order valence-electron chi connectivity index (χ0n) is 9.64. The van der Waals surface area contributed by atoms with E-state index in [2.05, 4.69) is 11.3 Å². The Morgan fingerprint density at radius 1 is 1.41 bits per heavy atom. The van der Waals surface area contributed by atoms with E-state index in [0.717, 1.165) is 12.8 Å². The molecule has 90 valence electrons. The molecule has 0 aliphatic heterocycles. The van der Waals surface area contributed by atoms with Crippen molar-refractivity contribution in [1.29, 1.82) is 0 Å². The molecule has 2 rings (SSSR count). The lowest BCUT2D eigenvalue weighted by Gasteiger charge is -2.10. The van der Waals surface area contributed by atoms with Crippen molar-refractivity contribution >= 4 is 5.97 Å². The predicted octanol–water partition coefficient (Wildman–Crippen LogP) is 2.54. The Hall–Kier alpha value is -1.97. The maximum atomic E-state index is 11.4. The highest BCUT2D eigenvalue weighted by molar-refractivity contribution is 5.90. The number of esters is 1. The van der Waals surface area contributed by atoms with E-state index in [0.29, 0.717) is 17.1 Å². The van der Waals surface area contributed by atoms with Gasteiger partial charge in [0.05, 0.1) is 25.0 Å². The number of rotatable bonds is 5. The Bertz CT molecular complexity index is 435. The Balaban J connectivity index is 2.25. The van der Waals surface area contributed by atoms with Gasteiger partial charge in [-0.2, -0.15) is 0 Å². The van der Waals surface area contributed by atoms with Crippen LogP contribution in [-0.4, -0.2) is 19.2 Å². The molecule has 0 unspecified atom stereocenters.